The van der Waals surface area contributed by atoms with Gasteiger partial charge in [-0.2, -0.15) is 0 Å². The lowest BCUT2D eigenvalue weighted by Gasteiger charge is -2.32. The molecule has 0 saturated carbocycles. The molecule has 0 aliphatic carbocycles. The van der Waals surface area contributed by atoms with E-state index in [1.165, 1.54) is 21.3 Å². The molecule has 1 aliphatic heterocycles. The van der Waals surface area contributed by atoms with Gasteiger partial charge in [-0.05, 0) is 42.7 Å². The molecular weight excluding hydrogens is 426 g/mol. The van der Waals surface area contributed by atoms with Gasteiger partial charge in [0.1, 0.15) is 6.04 Å². The summed E-state index contributed by atoms with van der Waals surface area (Å²) in [6, 6.07) is 9.50. The molecule has 1 aromatic heterocycles. The normalized spacial score (nSPS) is 18.3. The number of carbonyl (C=O) groups excluding carboxylic acids is 2. The largest absolute Gasteiger partial charge is 0.502 e. The van der Waals surface area contributed by atoms with Crippen LogP contribution in [0.5, 0.6) is 17.2 Å². The molecular formula is C24H27N3O6. The first-order valence-corrected chi connectivity index (χ1v) is 10.6. The van der Waals surface area contributed by atoms with Crippen molar-refractivity contribution in [2.24, 2.45) is 0 Å². The van der Waals surface area contributed by atoms with Crippen molar-refractivity contribution in [3.05, 3.63) is 53.2 Å². The first-order chi connectivity index (χ1) is 15.9. The second kappa shape index (κ2) is 9.03. The summed E-state index contributed by atoms with van der Waals surface area (Å²) in [5.74, 6) is -0.412. The number of hydrogen-bond acceptors (Lipinski definition) is 7. The first-order valence-electron chi connectivity index (χ1n) is 10.6. The van der Waals surface area contributed by atoms with E-state index in [9.17, 15) is 14.7 Å². The van der Waals surface area contributed by atoms with E-state index in [1.54, 1.807) is 19.1 Å². The van der Waals surface area contributed by atoms with Crippen molar-refractivity contribution in [2.45, 2.75) is 31.5 Å². The van der Waals surface area contributed by atoms with Gasteiger partial charge >= 0.3 is 5.97 Å². The van der Waals surface area contributed by atoms with Gasteiger partial charge in [0, 0.05) is 16.6 Å². The molecule has 0 unspecified atom stereocenters. The number of H-pyrrole nitrogens is 1. The Hall–Kier alpha value is -3.72. The number of para-hydroxylation sites is 1. The molecule has 1 aliphatic rings. The summed E-state index contributed by atoms with van der Waals surface area (Å²) in [5, 5.41) is 17.5. The number of fused-ring (bicyclic) bond motifs is 3. The van der Waals surface area contributed by atoms with E-state index in [4.69, 9.17) is 14.2 Å². The van der Waals surface area contributed by atoms with Crippen LogP contribution in [0, 0.1) is 0 Å². The number of hydrogen-bond donors (Lipinski definition) is 4. The third-order valence-electron chi connectivity index (χ3n) is 5.98. The molecule has 2 heterocycles. The first kappa shape index (κ1) is 22.5. The van der Waals surface area contributed by atoms with Crippen LogP contribution >= 0.6 is 0 Å². The lowest BCUT2D eigenvalue weighted by molar-refractivity contribution is -0.144. The van der Waals surface area contributed by atoms with Crippen molar-refractivity contribution in [1.82, 2.24) is 15.6 Å². The standard InChI is InChI=1S/C24H27N3O6/c1-12(24(30)33-4)25-23(29)17-11-15-14-7-5-6-8-16(14)26-21(15)20(27-17)13-9-18(31-2)22(28)19(10-13)32-3/h5-10,12,17,20,26-28H,11H2,1-4H3,(H,25,29)/t12-,17-,20+/m0/s1. The van der Waals surface area contributed by atoms with E-state index in [0.29, 0.717) is 6.42 Å². The predicted octanol–water partition coefficient (Wildman–Crippen LogP) is 2.17. The molecule has 9 heteroatoms. The van der Waals surface area contributed by atoms with Gasteiger partial charge in [-0.3, -0.25) is 10.1 Å². The van der Waals surface area contributed by atoms with Gasteiger partial charge in [0.05, 0.1) is 33.4 Å². The topological polar surface area (TPSA) is 122 Å². The van der Waals surface area contributed by atoms with E-state index < -0.39 is 24.1 Å². The molecule has 174 valence electrons. The average Bonchev–Trinajstić information content (AvgIpc) is 3.21. The number of methoxy groups -OCH3 is 3. The number of phenols is 1. The van der Waals surface area contributed by atoms with Gasteiger partial charge in [0.15, 0.2) is 11.5 Å². The number of aromatic hydroxyl groups is 1. The average molecular weight is 453 g/mol. The van der Waals surface area contributed by atoms with Crippen molar-refractivity contribution < 1.29 is 28.9 Å². The maximum absolute atomic E-state index is 13.1. The molecule has 3 atom stereocenters. The van der Waals surface area contributed by atoms with E-state index >= 15 is 0 Å². The highest BCUT2D eigenvalue weighted by atomic mass is 16.5. The highest BCUT2D eigenvalue weighted by Gasteiger charge is 2.35. The maximum Gasteiger partial charge on any atom is 0.328 e. The number of benzene rings is 2. The summed E-state index contributed by atoms with van der Waals surface area (Å²) in [6.07, 6.45) is 0.432. The minimum absolute atomic E-state index is 0.0994. The van der Waals surface area contributed by atoms with Crippen LogP contribution in [0.2, 0.25) is 0 Å². The monoisotopic (exact) mass is 453 g/mol. The zero-order valence-electron chi connectivity index (χ0n) is 18.9. The predicted molar refractivity (Wildman–Crippen MR) is 122 cm³/mol. The van der Waals surface area contributed by atoms with E-state index in [1.807, 2.05) is 24.3 Å². The summed E-state index contributed by atoms with van der Waals surface area (Å²) >= 11 is 0. The molecule has 0 spiro atoms. The van der Waals surface area contributed by atoms with Crippen LogP contribution in [0.25, 0.3) is 10.9 Å². The Kier molecular flexibility index (Phi) is 6.15. The van der Waals surface area contributed by atoms with Crippen molar-refractivity contribution >= 4 is 22.8 Å². The number of nitrogens with one attached hydrogen (secondary N) is 3. The Morgan fingerprint density at radius 2 is 1.79 bits per heavy atom. The highest BCUT2D eigenvalue weighted by molar-refractivity contribution is 5.90. The lowest BCUT2D eigenvalue weighted by atomic mass is 9.89. The van der Waals surface area contributed by atoms with Crippen LogP contribution in [0.3, 0.4) is 0 Å². The molecule has 3 aromatic rings. The van der Waals surface area contributed by atoms with E-state index in [0.717, 1.165) is 27.7 Å². The quantitative estimate of drug-likeness (QED) is 0.422. The molecule has 9 nitrogen and oxygen atoms in total. The van der Waals surface area contributed by atoms with Crippen molar-refractivity contribution in [3.63, 3.8) is 0 Å². The SMILES string of the molecule is COC(=O)[C@H](C)NC(=O)[C@@H]1Cc2c([nH]c3ccccc23)[C@@H](c2cc(OC)c(O)c(OC)c2)N1. The second-order valence-electron chi connectivity index (χ2n) is 7.95. The Morgan fingerprint density at radius 1 is 1.12 bits per heavy atom. The molecule has 33 heavy (non-hydrogen) atoms. The summed E-state index contributed by atoms with van der Waals surface area (Å²) in [4.78, 5) is 28.4. The van der Waals surface area contributed by atoms with Crippen molar-refractivity contribution in [1.29, 1.82) is 0 Å². The fourth-order valence-corrected chi connectivity index (χ4v) is 4.30. The molecule has 1 amide bonds. The summed E-state index contributed by atoms with van der Waals surface area (Å²) in [6.45, 7) is 1.58. The molecule has 0 radical (unpaired) electrons. The van der Waals surface area contributed by atoms with Crippen molar-refractivity contribution in [2.75, 3.05) is 21.3 Å². The number of esters is 1. The zero-order valence-corrected chi connectivity index (χ0v) is 18.9. The van der Waals surface area contributed by atoms with Crippen LogP contribution in [0.15, 0.2) is 36.4 Å². The minimum atomic E-state index is -0.777. The molecule has 0 saturated heterocycles. The molecule has 0 fully saturated rings. The Bertz CT molecular complexity index is 1180. The molecule has 4 N–H and O–H groups in total. The minimum Gasteiger partial charge on any atom is -0.502 e. The third kappa shape index (κ3) is 4.07. The zero-order chi connectivity index (χ0) is 23.7. The van der Waals surface area contributed by atoms with Crippen LogP contribution in [-0.4, -0.2) is 55.4 Å². The number of rotatable bonds is 6. The van der Waals surface area contributed by atoms with Crippen LogP contribution in [0.4, 0.5) is 0 Å². The number of ether oxygens (including phenoxy) is 3. The molecule has 2 aromatic carbocycles. The smallest absolute Gasteiger partial charge is 0.328 e. The Balaban J connectivity index is 1.78. The second-order valence-corrected chi connectivity index (χ2v) is 7.95. The molecule has 0 bridgehead atoms. The van der Waals surface area contributed by atoms with Crippen molar-refractivity contribution in [3.8, 4) is 17.2 Å². The summed E-state index contributed by atoms with van der Waals surface area (Å²) < 4.78 is 15.4. The Labute approximate surface area is 191 Å². The maximum atomic E-state index is 13.1. The van der Waals surface area contributed by atoms with E-state index in [2.05, 4.69) is 15.6 Å². The van der Waals surface area contributed by atoms with Crippen LogP contribution < -0.4 is 20.1 Å². The van der Waals surface area contributed by atoms with Gasteiger partial charge < -0.3 is 29.6 Å². The number of phenolic OH excluding ortho intramolecular Hbond substituents is 1. The van der Waals surface area contributed by atoms with Crippen LogP contribution in [-0.2, 0) is 20.7 Å². The van der Waals surface area contributed by atoms with Gasteiger partial charge in [0.2, 0.25) is 11.7 Å². The van der Waals surface area contributed by atoms with Gasteiger partial charge in [-0.1, -0.05) is 18.2 Å². The fourth-order valence-electron chi connectivity index (χ4n) is 4.30. The number of carbonyl (C=O) groups is 2. The third-order valence-corrected chi connectivity index (χ3v) is 5.98. The Morgan fingerprint density at radius 3 is 2.42 bits per heavy atom. The highest BCUT2D eigenvalue weighted by Crippen LogP contribution is 2.42. The van der Waals surface area contributed by atoms with Gasteiger partial charge in [0.25, 0.3) is 0 Å². The molecule has 4 rings (SSSR count). The summed E-state index contributed by atoms with van der Waals surface area (Å²) in [5.41, 5.74) is 3.62. The van der Waals surface area contributed by atoms with Gasteiger partial charge in [-0.15, -0.1) is 0 Å². The van der Waals surface area contributed by atoms with Gasteiger partial charge in [-0.25, -0.2) is 4.79 Å². The van der Waals surface area contributed by atoms with Crippen LogP contribution in [0.1, 0.15) is 29.8 Å². The number of aromatic amines is 1. The number of aromatic nitrogens is 1. The fraction of sp³-hybridized carbons (Fsp3) is 0.333. The lowest BCUT2D eigenvalue weighted by Crippen LogP contribution is -2.53. The summed E-state index contributed by atoms with van der Waals surface area (Å²) in [7, 11) is 4.21. The number of amides is 1. The van der Waals surface area contributed by atoms with E-state index in [-0.39, 0.29) is 23.2 Å².